The highest BCUT2D eigenvalue weighted by Gasteiger charge is 2.55. The first-order valence-corrected chi connectivity index (χ1v) is 12.1. The molecule has 2 aromatic heterocycles. The Hall–Kier alpha value is -1.56. The molecule has 5 aliphatic rings. The fourth-order valence-corrected chi connectivity index (χ4v) is 7.84. The number of nitrogens with zero attached hydrogens (tertiary/aromatic N) is 3. The largest absolute Gasteiger partial charge is 0.467 e. The van der Waals surface area contributed by atoms with Gasteiger partial charge in [-0.3, -0.25) is 9.36 Å². The Labute approximate surface area is 176 Å². The van der Waals surface area contributed by atoms with Crippen molar-refractivity contribution >= 4 is 17.5 Å². The predicted molar refractivity (Wildman–Crippen MR) is 111 cm³/mol. The van der Waals surface area contributed by atoms with Gasteiger partial charge in [-0.1, -0.05) is 11.8 Å². The molecule has 0 unspecified atom stereocenters. The van der Waals surface area contributed by atoms with E-state index < -0.39 is 0 Å². The van der Waals surface area contributed by atoms with Crippen LogP contribution < -0.4 is 0 Å². The van der Waals surface area contributed by atoms with Crippen LogP contribution in [0.15, 0.2) is 28.0 Å². The summed E-state index contributed by atoms with van der Waals surface area (Å²) in [6.45, 7) is 2.74. The van der Waals surface area contributed by atoms with Gasteiger partial charge in [-0.25, -0.2) is 0 Å². The predicted octanol–water partition coefficient (Wildman–Crippen LogP) is 5.06. The van der Waals surface area contributed by atoms with Gasteiger partial charge < -0.3 is 4.42 Å². The summed E-state index contributed by atoms with van der Waals surface area (Å²) in [6, 6.07) is 3.91. The van der Waals surface area contributed by atoms with Crippen molar-refractivity contribution in [1.82, 2.24) is 14.8 Å². The molecule has 5 nitrogen and oxygen atoms in total. The van der Waals surface area contributed by atoms with Gasteiger partial charge in [-0.2, -0.15) is 0 Å². The van der Waals surface area contributed by atoms with Crippen molar-refractivity contribution in [3.8, 4) is 0 Å². The van der Waals surface area contributed by atoms with E-state index >= 15 is 0 Å². The van der Waals surface area contributed by atoms with E-state index in [1.807, 2.05) is 12.1 Å². The lowest BCUT2D eigenvalue weighted by Gasteiger charge is -2.56. The van der Waals surface area contributed by atoms with Crippen molar-refractivity contribution in [2.24, 2.45) is 23.2 Å². The van der Waals surface area contributed by atoms with E-state index in [2.05, 4.69) is 21.7 Å². The van der Waals surface area contributed by atoms with Crippen molar-refractivity contribution in [3.05, 3.63) is 30.0 Å². The minimum atomic E-state index is -0.0714. The maximum atomic E-state index is 13.7. The molecule has 4 bridgehead atoms. The van der Waals surface area contributed by atoms with E-state index in [-0.39, 0.29) is 10.7 Å². The Morgan fingerprint density at radius 3 is 2.48 bits per heavy atom. The minimum absolute atomic E-state index is 0.0493. The fourth-order valence-electron chi connectivity index (χ4n) is 6.79. The van der Waals surface area contributed by atoms with Crippen LogP contribution in [0.4, 0.5) is 0 Å². The zero-order valence-electron chi connectivity index (χ0n) is 17.0. The summed E-state index contributed by atoms with van der Waals surface area (Å²) in [4.78, 5) is 13.7. The molecule has 0 aromatic carbocycles. The SMILES string of the molecule is C[C@@H](Sc1nnc(C2CC2)n1Cc1ccco1)C(=O)C12CC3CC(CC(C3)C1)C2. The van der Waals surface area contributed by atoms with E-state index in [0.717, 1.165) is 53.8 Å². The molecule has 5 aliphatic carbocycles. The van der Waals surface area contributed by atoms with Gasteiger partial charge in [0.05, 0.1) is 18.1 Å². The van der Waals surface area contributed by atoms with Crippen LogP contribution in [-0.4, -0.2) is 25.8 Å². The van der Waals surface area contributed by atoms with Crippen molar-refractivity contribution in [2.75, 3.05) is 0 Å². The molecule has 154 valence electrons. The molecule has 2 heterocycles. The van der Waals surface area contributed by atoms with E-state index in [1.54, 1.807) is 18.0 Å². The summed E-state index contributed by atoms with van der Waals surface area (Å²) in [7, 11) is 0. The summed E-state index contributed by atoms with van der Waals surface area (Å²) < 4.78 is 7.77. The molecular weight excluding hydrogens is 382 g/mol. The third-order valence-corrected chi connectivity index (χ3v) is 8.87. The Kier molecular flexibility index (Phi) is 4.23. The molecule has 6 heteroatoms. The van der Waals surface area contributed by atoms with Crippen LogP contribution in [0, 0.1) is 23.2 Å². The van der Waals surface area contributed by atoms with Gasteiger partial charge in [0.25, 0.3) is 0 Å². The van der Waals surface area contributed by atoms with Gasteiger partial charge in [-0.05, 0) is 88.2 Å². The molecule has 0 radical (unpaired) electrons. The first-order chi connectivity index (χ1) is 14.1. The van der Waals surface area contributed by atoms with Gasteiger partial charge in [0.15, 0.2) is 10.9 Å². The Balaban J connectivity index is 1.24. The lowest BCUT2D eigenvalue weighted by Crippen LogP contribution is -2.51. The second-order valence-corrected chi connectivity index (χ2v) is 11.4. The second kappa shape index (κ2) is 6.73. The Morgan fingerprint density at radius 1 is 1.21 bits per heavy atom. The monoisotopic (exact) mass is 411 g/mol. The molecule has 0 amide bonds. The number of hydrogen-bond acceptors (Lipinski definition) is 5. The second-order valence-electron chi connectivity index (χ2n) is 10.1. The number of rotatable bonds is 7. The smallest absolute Gasteiger partial charge is 0.192 e. The summed E-state index contributed by atoms with van der Waals surface area (Å²) in [6.07, 6.45) is 11.6. The van der Waals surface area contributed by atoms with Crippen molar-refractivity contribution in [3.63, 3.8) is 0 Å². The number of Topliss-reactive ketones (excluding diaryl/α,β-unsaturated/α-hetero) is 1. The van der Waals surface area contributed by atoms with Crippen LogP contribution in [0.3, 0.4) is 0 Å². The van der Waals surface area contributed by atoms with Crippen LogP contribution in [0.5, 0.6) is 0 Å². The maximum Gasteiger partial charge on any atom is 0.192 e. The van der Waals surface area contributed by atoms with Crippen LogP contribution in [0.25, 0.3) is 0 Å². The molecular formula is C23H29N3O2S. The van der Waals surface area contributed by atoms with Gasteiger partial charge in [0, 0.05) is 11.3 Å². The lowest BCUT2D eigenvalue weighted by atomic mass is 9.48. The zero-order chi connectivity index (χ0) is 19.6. The van der Waals surface area contributed by atoms with E-state index in [9.17, 15) is 4.79 Å². The third kappa shape index (κ3) is 3.18. The van der Waals surface area contributed by atoms with Crippen LogP contribution >= 0.6 is 11.8 Å². The average molecular weight is 412 g/mol. The Morgan fingerprint density at radius 2 is 1.90 bits per heavy atom. The normalized spacial score (nSPS) is 33.9. The van der Waals surface area contributed by atoms with Crippen molar-refractivity contribution in [1.29, 1.82) is 0 Å². The molecule has 0 aliphatic heterocycles. The van der Waals surface area contributed by atoms with Gasteiger partial charge >= 0.3 is 0 Å². The first kappa shape index (κ1) is 18.2. The molecule has 29 heavy (non-hydrogen) atoms. The molecule has 1 atom stereocenters. The number of furan rings is 1. The highest BCUT2D eigenvalue weighted by atomic mass is 32.2. The van der Waals surface area contributed by atoms with E-state index in [0.29, 0.717) is 18.2 Å². The van der Waals surface area contributed by atoms with Crippen molar-refractivity contribution in [2.45, 2.75) is 81.2 Å². The molecule has 0 N–H and O–H groups in total. The highest BCUT2D eigenvalue weighted by molar-refractivity contribution is 8.00. The lowest BCUT2D eigenvalue weighted by molar-refractivity contribution is -0.142. The van der Waals surface area contributed by atoms with Crippen LogP contribution in [0.2, 0.25) is 0 Å². The summed E-state index contributed by atoms with van der Waals surface area (Å²) in [5.74, 6) is 5.35. The zero-order valence-corrected chi connectivity index (χ0v) is 17.9. The first-order valence-electron chi connectivity index (χ1n) is 11.3. The molecule has 0 spiro atoms. The summed E-state index contributed by atoms with van der Waals surface area (Å²) in [5.41, 5.74) is -0.0493. The fraction of sp³-hybridized carbons (Fsp3) is 0.696. The number of carbonyl (C=O) groups is 1. The van der Waals surface area contributed by atoms with Gasteiger partial charge in [-0.15, -0.1) is 10.2 Å². The number of ketones is 1. The standard InChI is InChI=1S/C23H29N3O2S/c1-14(20(27)23-10-15-7-16(11-23)9-17(8-15)12-23)29-22-25-24-21(18-4-5-18)26(22)13-19-3-2-6-28-19/h2-3,6,14-18H,4-5,7-13H2,1H3/t14-,15?,16?,17?,23?/m1/s1. The van der Waals surface area contributed by atoms with Crippen molar-refractivity contribution < 1.29 is 9.21 Å². The van der Waals surface area contributed by atoms with Crippen LogP contribution in [-0.2, 0) is 11.3 Å². The summed E-state index contributed by atoms with van der Waals surface area (Å²) >= 11 is 1.61. The van der Waals surface area contributed by atoms with Gasteiger partial charge in [0.1, 0.15) is 11.6 Å². The molecule has 0 saturated heterocycles. The molecule has 7 rings (SSSR count). The average Bonchev–Trinajstić information content (AvgIpc) is 3.26. The minimum Gasteiger partial charge on any atom is -0.467 e. The molecule has 5 fully saturated rings. The number of hydrogen-bond donors (Lipinski definition) is 0. The number of thioether (sulfide) groups is 1. The summed E-state index contributed by atoms with van der Waals surface area (Å²) in [5, 5.41) is 9.81. The number of aromatic nitrogens is 3. The number of carbonyl (C=O) groups excluding carboxylic acids is 1. The highest BCUT2D eigenvalue weighted by Crippen LogP contribution is 2.61. The maximum absolute atomic E-state index is 13.7. The van der Waals surface area contributed by atoms with Gasteiger partial charge in [0.2, 0.25) is 0 Å². The molecule has 2 aromatic rings. The molecule has 5 saturated carbocycles. The van der Waals surface area contributed by atoms with E-state index in [1.165, 1.54) is 32.1 Å². The quantitative estimate of drug-likeness (QED) is 0.596. The van der Waals surface area contributed by atoms with Crippen LogP contribution in [0.1, 0.15) is 75.8 Å². The Bertz CT molecular complexity index is 879. The van der Waals surface area contributed by atoms with E-state index in [4.69, 9.17) is 4.42 Å². The third-order valence-electron chi connectivity index (χ3n) is 7.79. The topological polar surface area (TPSA) is 60.9 Å².